The second-order valence-electron chi connectivity index (χ2n) is 3.50. The average molecular weight is 233 g/mol. The van der Waals surface area contributed by atoms with E-state index < -0.39 is 11.9 Å². The van der Waals surface area contributed by atoms with Gasteiger partial charge in [0, 0.05) is 12.6 Å². The SMILES string of the molecule is CCC(N)=C(C(=O)OC(C)=O)c1ccccc1. The summed E-state index contributed by atoms with van der Waals surface area (Å²) in [5.41, 5.74) is 7.10. The molecule has 1 aromatic rings. The molecule has 90 valence electrons. The van der Waals surface area contributed by atoms with Crippen LogP contribution < -0.4 is 5.73 Å². The zero-order chi connectivity index (χ0) is 12.8. The molecule has 0 aliphatic heterocycles. The number of esters is 2. The van der Waals surface area contributed by atoms with Gasteiger partial charge in [-0.05, 0) is 12.0 Å². The number of carbonyl (C=O) groups is 2. The van der Waals surface area contributed by atoms with Gasteiger partial charge < -0.3 is 10.5 Å². The first-order valence-electron chi connectivity index (χ1n) is 5.33. The number of allylic oxidation sites excluding steroid dienone is 1. The van der Waals surface area contributed by atoms with Crippen LogP contribution in [0.1, 0.15) is 25.8 Å². The van der Waals surface area contributed by atoms with Gasteiger partial charge in [0.1, 0.15) is 0 Å². The summed E-state index contributed by atoms with van der Waals surface area (Å²) < 4.78 is 4.57. The van der Waals surface area contributed by atoms with E-state index in [1.54, 1.807) is 24.3 Å². The van der Waals surface area contributed by atoms with Gasteiger partial charge in [0.25, 0.3) is 0 Å². The molecule has 17 heavy (non-hydrogen) atoms. The molecule has 0 atom stereocenters. The molecule has 2 N–H and O–H groups in total. The van der Waals surface area contributed by atoms with Crippen molar-refractivity contribution in [1.82, 2.24) is 0 Å². The van der Waals surface area contributed by atoms with Gasteiger partial charge in [-0.25, -0.2) is 4.79 Å². The zero-order valence-corrected chi connectivity index (χ0v) is 9.90. The van der Waals surface area contributed by atoms with Gasteiger partial charge in [-0.15, -0.1) is 0 Å². The summed E-state index contributed by atoms with van der Waals surface area (Å²) in [7, 11) is 0. The minimum Gasteiger partial charge on any atom is -0.401 e. The third-order valence-corrected chi connectivity index (χ3v) is 2.21. The first-order chi connectivity index (χ1) is 8.06. The van der Waals surface area contributed by atoms with Crippen LogP contribution in [0.15, 0.2) is 36.0 Å². The molecule has 4 heteroatoms. The summed E-state index contributed by atoms with van der Waals surface area (Å²) in [5.74, 6) is -1.35. The maximum absolute atomic E-state index is 11.8. The molecule has 0 radical (unpaired) electrons. The van der Waals surface area contributed by atoms with Crippen LogP contribution in [-0.4, -0.2) is 11.9 Å². The number of hydrogen-bond acceptors (Lipinski definition) is 4. The molecule has 1 rings (SSSR count). The van der Waals surface area contributed by atoms with Crippen LogP contribution in [0.3, 0.4) is 0 Å². The van der Waals surface area contributed by atoms with E-state index in [2.05, 4.69) is 4.74 Å². The normalized spacial score (nSPS) is 11.6. The number of ether oxygens (including phenoxy) is 1. The van der Waals surface area contributed by atoms with Crippen molar-refractivity contribution >= 4 is 17.5 Å². The Hall–Kier alpha value is -2.10. The van der Waals surface area contributed by atoms with Crippen LogP contribution in [0.25, 0.3) is 5.57 Å². The highest BCUT2D eigenvalue weighted by Crippen LogP contribution is 2.19. The number of benzene rings is 1. The van der Waals surface area contributed by atoms with E-state index in [9.17, 15) is 9.59 Å². The lowest BCUT2D eigenvalue weighted by Gasteiger charge is -2.09. The summed E-state index contributed by atoms with van der Waals surface area (Å²) in [4.78, 5) is 22.6. The summed E-state index contributed by atoms with van der Waals surface area (Å²) in [6.45, 7) is 3.02. The molecular weight excluding hydrogens is 218 g/mol. The maximum atomic E-state index is 11.8. The largest absolute Gasteiger partial charge is 0.401 e. The molecular formula is C13H15NO3. The fourth-order valence-electron chi connectivity index (χ4n) is 1.40. The van der Waals surface area contributed by atoms with Crippen molar-refractivity contribution in [2.24, 2.45) is 5.73 Å². The molecule has 0 saturated heterocycles. The second-order valence-corrected chi connectivity index (χ2v) is 3.50. The van der Waals surface area contributed by atoms with Crippen LogP contribution in [0, 0.1) is 0 Å². The summed E-state index contributed by atoms with van der Waals surface area (Å²) in [6.07, 6.45) is 0.511. The molecule has 0 amide bonds. The van der Waals surface area contributed by atoms with Crippen molar-refractivity contribution in [3.63, 3.8) is 0 Å². The topological polar surface area (TPSA) is 69.4 Å². The highest BCUT2D eigenvalue weighted by molar-refractivity contribution is 6.19. The van der Waals surface area contributed by atoms with Crippen molar-refractivity contribution < 1.29 is 14.3 Å². The number of hydrogen-bond donors (Lipinski definition) is 1. The van der Waals surface area contributed by atoms with E-state index in [0.717, 1.165) is 0 Å². The van der Waals surface area contributed by atoms with E-state index in [0.29, 0.717) is 17.7 Å². The van der Waals surface area contributed by atoms with Gasteiger partial charge in [-0.1, -0.05) is 37.3 Å². The molecule has 0 aliphatic carbocycles. The van der Waals surface area contributed by atoms with E-state index in [1.165, 1.54) is 6.92 Å². The summed E-state index contributed by atoms with van der Waals surface area (Å²) in [6, 6.07) is 8.91. The summed E-state index contributed by atoms with van der Waals surface area (Å²) in [5, 5.41) is 0. The number of carbonyl (C=O) groups excluding carboxylic acids is 2. The van der Waals surface area contributed by atoms with Gasteiger partial charge >= 0.3 is 11.9 Å². The van der Waals surface area contributed by atoms with Crippen molar-refractivity contribution in [3.8, 4) is 0 Å². The van der Waals surface area contributed by atoms with Crippen molar-refractivity contribution in [2.75, 3.05) is 0 Å². The predicted octanol–water partition coefficient (Wildman–Crippen LogP) is 1.86. The van der Waals surface area contributed by atoms with Gasteiger partial charge in [-0.3, -0.25) is 4.79 Å². The molecule has 0 unspecified atom stereocenters. The van der Waals surface area contributed by atoms with Crippen molar-refractivity contribution in [2.45, 2.75) is 20.3 Å². The van der Waals surface area contributed by atoms with Crippen LogP contribution >= 0.6 is 0 Å². The monoisotopic (exact) mass is 233 g/mol. The lowest BCUT2D eigenvalue weighted by molar-refractivity contribution is -0.153. The zero-order valence-electron chi connectivity index (χ0n) is 9.90. The molecule has 0 aromatic heterocycles. The Morgan fingerprint density at radius 2 is 1.82 bits per heavy atom. The molecule has 0 spiro atoms. The van der Waals surface area contributed by atoms with Crippen molar-refractivity contribution in [3.05, 3.63) is 41.6 Å². The Labute approximate surface area is 100 Å². The lowest BCUT2D eigenvalue weighted by Crippen LogP contribution is -2.15. The van der Waals surface area contributed by atoms with Gasteiger partial charge in [0.15, 0.2) is 0 Å². The molecule has 0 aliphatic rings. The van der Waals surface area contributed by atoms with Crippen molar-refractivity contribution in [1.29, 1.82) is 0 Å². The predicted molar refractivity (Wildman–Crippen MR) is 64.6 cm³/mol. The van der Waals surface area contributed by atoms with E-state index in [1.807, 2.05) is 13.0 Å². The minimum absolute atomic E-state index is 0.253. The van der Waals surface area contributed by atoms with E-state index >= 15 is 0 Å². The van der Waals surface area contributed by atoms with E-state index in [-0.39, 0.29) is 5.57 Å². The van der Waals surface area contributed by atoms with Crippen LogP contribution in [-0.2, 0) is 14.3 Å². The fraction of sp³-hybridized carbons (Fsp3) is 0.231. The maximum Gasteiger partial charge on any atom is 0.348 e. The van der Waals surface area contributed by atoms with Gasteiger partial charge in [-0.2, -0.15) is 0 Å². The molecule has 0 saturated carbocycles. The number of rotatable bonds is 3. The fourth-order valence-corrected chi connectivity index (χ4v) is 1.40. The Morgan fingerprint density at radius 3 is 2.29 bits per heavy atom. The second kappa shape index (κ2) is 5.84. The van der Waals surface area contributed by atoms with Gasteiger partial charge in [0.05, 0.1) is 5.57 Å². The highest BCUT2D eigenvalue weighted by atomic mass is 16.6. The highest BCUT2D eigenvalue weighted by Gasteiger charge is 2.18. The molecule has 1 aromatic carbocycles. The lowest BCUT2D eigenvalue weighted by atomic mass is 10.0. The third-order valence-electron chi connectivity index (χ3n) is 2.21. The quantitative estimate of drug-likeness (QED) is 0.491. The first-order valence-corrected chi connectivity index (χ1v) is 5.33. The Bertz CT molecular complexity index is 449. The van der Waals surface area contributed by atoms with Gasteiger partial charge in [0.2, 0.25) is 0 Å². The van der Waals surface area contributed by atoms with Crippen LogP contribution in [0.2, 0.25) is 0 Å². The number of nitrogens with two attached hydrogens (primary N) is 1. The first kappa shape index (κ1) is 13.0. The van der Waals surface area contributed by atoms with Crippen LogP contribution in [0.5, 0.6) is 0 Å². The Kier molecular flexibility index (Phi) is 4.46. The van der Waals surface area contributed by atoms with Crippen LogP contribution in [0.4, 0.5) is 0 Å². The van der Waals surface area contributed by atoms with E-state index in [4.69, 9.17) is 5.73 Å². The molecule has 0 bridgehead atoms. The Morgan fingerprint density at radius 1 is 1.24 bits per heavy atom. The smallest absolute Gasteiger partial charge is 0.348 e. The molecule has 0 fully saturated rings. The minimum atomic E-state index is -0.706. The summed E-state index contributed by atoms with van der Waals surface area (Å²) >= 11 is 0. The molecule has 4 nitrogen and oxygen atoms in total. The molecule has 0 heterocycles. The standard InChI is InChI=1S/C13H15NO3/c1-3-11(14)12(13(16)17-9(2)15)10-7-5-4-6-8-10/h4-8H,3,14H2,1-2H3. The Balaban J connectivity index is 3.15. The average Bonchev–Trinajstić information content (AvgIpc) is 2.29. The third kappa shape index (κ3) is 3.45.